The summed E-state index contributed by atoms with van der Waals surface area (Å²) < 4.78 is 0. The van der Waals surface area contributed by atoms with E-state index in [-0.39, 0.29) is 11.8 Å². The van der Waals surface area contributed by atoms with Crippen LogP contribution < -0.4 is 10.6 Å². The highest BCUT2D eigenvalue weighted by atomic mass is 35.5. The van der Waals surface area contributed by atoms with Crippen molar-refractivity contribution >= 4 is 35.2 Å². The summed E-state index contributed by atoms with van der Waals surface area (Å²) in [5.74, 6) is -0.437. The lowest BCUT2D eigenvalue weighted by molar-refractivity contribution is -0.111. The Balaban J connectivity index is 2.01. The Labute approximate surface area is 140 Å². The van der Waals surface area contributed by atoms with Gasteiger partial charge in [-0.15, -0.1) is 0 Å². The van der Waals surface area contributed by atoms with Gasteiger partial charge in [-0.25, -0.2) is 0 Å². The summed E-state index contributed by atoms with van der Waals surface area (Å²) in [6.45, 7) is 2.41. The monoisotopic (exact) mass is 328 g/mol. The molecule has 2 aromatic carbocycles. The van der Waals surface area contributed by atoms with Crippen molar-refractivity contribution < 1.29 is 9.59 Å². The molecule has 0 saturated heterocycles. The van der Waals surface area contributed by atoms with Crippen LogP contribution in [0.2, 0.25) is 5.02 Å². The van der Waals surface area contributed by atoms with E-state index in [1.54, 1.807) is 42.5 Å². The van der Waals surface area contributed by atoms with Gasteiger partial charge in [-0.2, -0.15) is 0 Å². The second-order valence-corrected chi connectivity index (χ2v) is 5.25. The van der Waals surface area contributed by atoms with Gasteiger partial charge < -0.3 is 10.6 Å². The molecule has 0 bridgehead atoms. The molecular weight excluding hydrogens is 312 g/mol. The van der Waals surface area contributed by atoms with Crippen molar-refractivity contribution in [2.75, 3.05) is 11.9 Å². The molecule has 0 atom stereocenters. The highest BCUT2D eigenvalue weighted by Crippen LogP contribution is 2.12. The molecule has 2 aromatic rings. The van der Waals surface area contributed by atoms with Gasteiger partial charge in [0.1, 0.15) is 0 Å². The molecule has 2 N–H and O–H groups in total. The summed E-state index contributed by atoms with van der Waals surface area (Å²) in [4.78, 5) is 23.7. The quantitative estimate of drug-likeness (QED) is 0.821. The molecule has 0 aliphatic rings. The zero-order chi connectivity index (χ0) is 16.7. The first-order chi connectivity index (χ1) is 11.1. The molecule has 4 nitrogen and oxygen atoms in total. The number of nitrogens with one attached hydrogen (secondary N) is 2. The molecular formula is C18H17ClN2O2. The Kier molecular flexibility index (Phi) is 5.94. The number of hydrogen-bond acceptors (Lipinski definition) is 2. The Hall–Kier alpha value is -2.59. The number of carbonyl (C=O) groups excluding carboxylic acids is 2. The average molecular weight is 329 g/mol. The van der Waals surface area contributed by atoms with E-state index < -0.39 is 0 Å². The van der Waals surface area contributed by atoms with Crippen LogP contribution in [0.25, 0.3) is 6.08 Å². The van der Waals surface area contributed by atoms with E-state index in [1.807, 2.05) is 19.1 Å². The van der Waals surface area contributed by atoms with E-state index in [4.69, 9.17) is 11.6 Å². The molecule has 0 spiro atoms. The minimum atomic E-state index is -0.270. The number of amides is 2. The number of rotatable bonds is 5. The van der Waals surface area contributed by atoms with Crippen LogP contribution in [0, 0.1) is 0 Å². The van der Waals surface area contributed by atoms with E-state index >= 15 is 0 Å². The Morgan fingerprint density at radius 1 is 1.13 bits per heavy atom. The van der Waals surface area contributed by atoms with E-state index in [1.165, 1.54) is 6.08 Å². The van der Waals surface area contributed by atoms with Crippen molar-refractivity contribution in [3.63, 3.8) is 0 Å². The van der Waals surface area contributed by atoms with E-state index in [2.05, 4.69) is 10.6 Å². The number of halogens is 1. The normalized spacial score (nSPS) is 10.5. The molecule has 0 saturated carbocycles. The van der Waals surface area contributed by atoms with E-state index in [0.29, 0.717) is 22.8 Å². The molecule has 0 heterocycles. The van der Waals surface area contributed by atoms with Crippen molar-refractivity contribution in [3.8, 4) is 0 Å². The molecule has 0 unspecified atom stereocenters. The van der Waals surface area contributed by atoms with Gasteiger partial charge in [-0.3, -0.25) is 9.59 Å². The first-order valence-corrected chi connectivity index (χ1v) is 7.59. The molecule has 0 aromatic heterocycles. The topological polar surface area (TPSA) is 58.2 Å². The van der Waals surface area contributed by atoms with Gasteiger partial charge in [0.15, 0.2) is 0 Å². The van der Waals surface area contributed by atoms with Gasteiger partial charge >= 0.3 is 0 Å². The second-order valence-electron chi connectivity index (χ2n) is 4.81. The van der Waals surface area contributed by atoms with Crippen LogP contribution >= 0.6 is 11.6 Å². The maximum atomic E-state index is 11.9. The number of benzene rings is 2. The van der Waals surface area contributed by atoms with Gasteiger partial charge in [0.2, 0.25) is 5.91 Å². The number of carbonyl (C=O) groups is 2. The predicted molar refractivity (Wildman–Crippen MR) is 93.6 cm³/mol. The first-order valence-electron chi connectivity index (χ1n) is 7.21. The van der Waals surface area contributed by atoms with Gasteiger partial charge in [0, 0.05) is 28.9 Å². The Bertz CT molecular complexity index is 724. The standard InChI is InChI=1S/C18H17ClN2O2/c1-2-20-18(23)14-4-3-5-16(12-14)21-17(22)11-8-13-6-9-15(19)10-7-13/h3-12H,2H2,1H3,(H,20,23)(H,21,22)/b11-8+. The summed E-state index contributed by atoms with van der Waals surface area (Å²) in [5.41, 5.74) is 1.95. The number of hydrogen-bond donors (Lipinski definition) is 2. The molecule has 118 valence electrons. The lowest BCUT2D eigenvalue weighted by Gasteiger charge is -2.06. The van der Waals surface area contributed by atoms with Crippen molar-refractivity contribution in [3.05, 3.63) is 70.8 Å². The molecule has 23 heavy (non-hydrogen) atoms. The molecule has 0 aliphatic heterocycles. The third kappa shape index (κ3) is 5.27. The van der Waals surface area contributed by atoms with Crippen molar-refractivity contribution in [1.82, 2.24) is 5.32 Å². The van der Waals surface area contributed by atoms with E-state index in [9.17, 15) is 9.59 Å². The smallest absolute Gasteiger partial charge is 0.251 e. The van der Waals surface area contributed by atoms with Gasteiger partial charge in [-0.1, -0.05) is 29.8 Å². The van der Waals surface area contributed by atoms with Crippen molar-refractivity contribution in [2.45, 2.75) is 6.92 Å². The van der Waals surface area contributed by atoms with Crippen LogP contribution in [0.5, 0.6) is 0 Å². The van der Waals surface area contributed by atoms with E-state index in [0.717, 1.165) is 5.56 Å². The fraction of sp³-hybridized carbons (Fsp3) is 0.111. The second kappa shape index (κ2) is 8.15. The van der Waals surface area contributed by atoms with Crippen LogP contribution in [-0.2, 0) is 4.79 Å². The fourth-order valence-electron chi connectivity index (χ4n) is 1.93. The highest BCUT2D eigenvalue weighted by Gasteiger charge is 2.05. The van der Waals surface area contributed by atoms with Crippen LogP contribution in [0.3, 0.4) is 0 Å². The van der Waals surface area contributed by atoms with Crippen LogP contribution in [0.15, 0.2) is 54.6 Å². The molecule has 0 aliphatic carbocycles. The predicted octanol–water partition coefficient (Wildman–Crippen LogP) is 3.74. The van der Waals surface area contributed by atoms with Crippen LogP contribution in [0.4, 0.5) is 5.69 Å². The molecule has 2 amide bonds. The summed E-state index contributed by atoms with van der Waals surface area (Å²) in [5, 5.41) is 6.09. The Morgan fingerprint density at radius 3 is 2.57 bits per heavy atom. The lowest BCUT2D eigenvalue weighted by atomic mass is 10.2. The summed E-state index contributed by atoms with van der Waals surface area (Å²) >= 11 is 5.81. The van der Waals surface area contributed by atoms with Gasteiger partial charge in [0.05, 0.1) is 0 Å². The average Bonchev–Trinajstić information content (AvgIpc) is 2.55. The summed E-state index contributed by atoms with van der Waals surface area (Å²) in [6, 6.07) is 14.0. The largest absolute Gasteiger partial charge is 0.352 e. The summed E-state index contributed by atoms with van der Waals surface area (Å²) in [7, 11) is 0. The third-order valence-electron chi connectivity index (χ3n) is 3.03. The SMILES string of the molecule is CCNC(=O)c1cccc(NC(=O)/C=C/c2ccc(Cl)cc2)c1. The highest BCUT2D eigenvalue weighted by molar-refractivity contribution is 6.30. The van der Waals surface area contributed by atoms with Crippen molar-refractivity contribution in [2.24, 2.45) is 0 Å². The summed E-state index contributed by atoms with van der Waals surface area (Å²) in [6.07, 6.45) is 3.13. The first kappa shape index (κ1) is 16.8. The molecule has 0 radical (unpaired) electrons. The van der Waals surface area contributed by atoms with Gasteiger partial charge in [-0.05, 0) is 48.9 Å². The molecule has 5 heteroatoms. The maximum absolute atomic E-state index is 11.9. The zero-order valence-electron chi connectivity index (χ0n) is 12.7. The fourth-order valence-corrected chi connectivity index (χ4v) is 2.06. The molecule has 0 fully saturated rings. The third-order valence-corrected chi connectivity index (χ3v) is 3.28. The van der Waals surface area contributed by atoms with Crippen LogP contribution in [0.1, 0.15) is 22.8 Å². The Morgan fingerprint density at radius 2 is 1.87 bits per heavy atom. The lowest BCUT2D eigenvalue weighted by Crippen LogP contribution is -2.22. The maximum Gasteiger partial charge on any atom is 0.251 e. The minimum absolute atomic E-state index is 0.166. The molecule has 2 rings (SSSR count). The van der Waals surface area contributed by atoms with Gasteiger partial charge in [0.25, 0.3) is 5.91 Å². The minimum Gasteiger partial charge on any atom is -0.352 e. The zero-order valence-corrected chi connectivity index (χ0v) is 13.4. The van der Waals surface area contributed by atoms with Crippen molar-refractivity contribution in [1.29, 1.82) is 0 Å². The van der Waals surface area contributed by atoms with Crippen LogP contribution in [-0.4, -0.2) is 18.4 Å². The number of anilines is 1.